The molecule has 3 heterocycles. The van der Waals surface area contributed by atoms with Gasteiger partial charge in [-0.3, -0.25) is 9.48 Å². The lowest BCUT2D eigenvalue weighted by atomic mass is 10.0. The molecule has 0 radical (unpaired) electrons. The van der Waals surface area contributed by atoms with Crippen LogP contribution in [-0.4, -0.2) is 27.2 Å². The first-order valence-electron chi connectivity index (χ1n) is 10.7. The zero-order chi connectivity index (χ0) is 23.8. The summed E-state index contributed by atoms with van der Waals surface area (Å²) >= 11 is 0. The van der Waals surface area contributed by atoms with Crippen LogP contribution >= 0.6 is 0 Å². The second kappa shape index (κ2) is 8.66. The van der Waals surface area contributed by atoms with E-state index in [0.717, 1.165) is 28.9 Å². The minimum absolute atomic E-state index is 0.214. The van der Waals surface area contributed by atoms with Crippen molar-refractivity contribution in [3.05, 3.63) is 101 Å². The zero-order valence-electron chi connectivity index (χ0n) is 18.2. The number of hydrogen-bond donors (Lipinski definition) is 1. The summed E-state index contributed by atoms with van der Waals surface area (Å²) in [6, 6.07) is 11.1. The molecule has 0 unspecified atom stereocenters. The number of fused-ring (bicyclic) bond motifs is 1. The summed E-state index contributed by atoms with van der Waals surface area (Å²) in [7, 11) is 1.78. The Kier molecular flexibility index (Phi) is 5.53. The highest BCUT2D eigenvalue weighted by atomic mass is 19.2. The average Bonchev–Trinajstić information content (AvgIpc) is 3.43. The van der Waals surface area contributed by atoms with E-state index in [4.69, 9.17) is 0 Å². The first-order chi connectivity index (χ1) is 16.4. The molecule has 1 aliphatic rings. The van der Waals surface area contributed by atoms with E-state index in [1.54, 1.807) is 42.5 Å². The minimum atomic E-state index is -1.48. The quantitative estimate of drug-likeness (QED) is 0.433. The van der Waals surface area contributed by atoms with Crippen molar-refractivity contribution in [2.24, 2.45) is 7.05 Å². The third-order valence-electron chi connectivity index (χ3n) is 5.77. The molecule has 0 spiro atoms. The Hall–Kier alpha value is -4.14. The summed E-state index contributed by atoms with van der Waals surface area (Å²) in [6.07, 6.45) is 5.81. The summed E-state index contributed by atoms with van der Waals surface area (Å²) < 4.78 is 42.1. The number of halogens is 3. The Labute approximate surface area is 193 Å². The van der Waals surface area contributed by atoms with Crippen LogP contribution in [0.2, 0.25) is 0 Å². The normalized spacial score (nSPS) is 12.6. The summed E-state index contributed by atoms with van der Waals surface area (Å²) in [5.41, 5.74) is 4.08. The van der Waals surface area contributed by atoms with Gasteiger partial charge in [0.1, 0.15) is 5.82 Å². The standard InChI is InChI=1S/C25H20F3N5O/c1-32-14-17(13-30-32)31-25(34)19-3-2-4-22-18(19)6-8-33(22)23-12-15(5-7-29-23)9-16-10-20(26)24(28)21(27)11-16/h2-5,7,10-14H,6,8-9H2,1H3,(H,31,34). The van der Waals surface area contributed by atoms with Gasteiger partial charge in [-0.25, -0.2) is 18.2 Å². The molecular weight excluding hydrogens is 443 g/mol. The molecule has 0 bridgehead atoms. The van der Waals surface area contributed by atoms with E-state index in [9.17, 15) is 18.0 Å². The van der Waals surface area contributed by atoms with Crippen LogP contribution in [0.25, 0.3) is 0 Å². The molecule has 0 fully saturated rings. The van der Waals surface area contributed by atoms with Gasteiger partial charge >= 0.3 is 0 Å². The van der Waals surface area contributed by atoms with Crippen molar-refractivity contribution in [2.75, 3.05) is 16.8 Å². The van der Waals surface area contributed by atoms with Crippen LogP contribution in [0.1, 0.15) is 27.0 Å². The zero-order valence-corrected chi connectivity index (χ0v) is 18.2. The summed E-state index contributed by atoms with van der Waals surface area (Å²) in [4.78, 5) is 19.4. The summed E-state index contributed by atoms with van der Waals surface area (Å²) in [5, 5.41) is 6.93. The number of aryl methyl sites for hydroxylation is 1. The van der Waals surface area contributed by atoms with Gasteiger partial charge in [0.2, 0.25) is 0 Å². The number of pyridine rings is 1. The fourth-order valence-corrected chi connectivity index (χ4v) is 4.23. The number of aromatic nitrogens is 3. The van der Waals surface area contributed by atoms with Crippen molar-refractivity contribution in [3.63, 3.8) is 0 Å². The van der Waals surface area contributed by atoms with Gasteiger partial charge in [-0.2, -0.15) is 5.10 Å². The number of anilines is 3. The molecule has 0 atom stereocenters. The van der Waals surface area contributed by atoms with Crippen molar-refractivity contribution in [3.8, 4) is 0 Å². The lowest BCUT2D eigenvalue weighted by Gasteiger charge is -2.19. The van der Waals surface area contributed by atoms with Gasteiger partial charge in [0, 0.05) is 37.2 Å². The molecule has 172 valence electrons. The number of hydrogen-bond acceptors (Lipinski definition) is 4. The molecule has 1 N–H and O–H groups in total. The minimum Gasteiger partial charge on any atom is -0.326 e. The first-order valence-corrected chi connectivity index (χ1v) is 10.7. The van der Waals surface area contributed by atoms with Crippen molar-refractivity contribution >= 4 is 23.1 Å². The molecule has 1 amide bonds. The summed E-state index contributed by atoms with van der Waals surface area (Å²) in [5.74, 6) is -3.46. The first kappa shape index (κ1) is 21.7. The topological polar surface area (TPSA) is 63.1 Å². The maximum atomic E-state index is 13.6. The fraction of sp³-hybridized carbons (Fsp3) is 0.160. The second-order valence-electron chi connectivity index (χ2n) is 8.13. The van der Waals surface area contributed by atoms with Crippen molar-refractivity contribution in [1.82, 2.24) is 14.8 Å². The molecule has 1 aliphatic heterocycles. The average molecular weight is 463 g/mol. The van der Waals surface area contributed by atoms with Gasteiger partial charge in [-0.15, -0.1) is 0 Å². The third-order valence-corrected chi connectivity index (χ3v) is 5.77. The molecule has 4 aromatic rings. The van der Waals surface area contributed by atoms with E-state index in [1.165, 1.54) is 0 Å². The molecular formula is C25H20F3N5O. The highest BCUT2D eigenvalue weighted by Gasteiger charge is 2.26. The van der Waals surface area contributed by atoms with Crippen molar-refractivity contribution < 1.29 is 18.0 Å². The van der Waals surface area contributed by atoms with Gasteiger partial charge in [-0.05, 0) is 65.9 Å². The Morgan fingerprint density at radius 1 is 1.09 bits per heavy atom. The van der Waals surface area contributed by atoms with Gasteiger partial charge in [0.15, 0.2) is 17.5 Å². The van der Waals surface area contributed by atoms with Gasteiger partial charge < -0.3 is 10.2 Å². The Morgan fingerprint density at radius 3 is 2.62 bits per heavy atom. The Balaban J connectivity index is 1.40. The predicted octanol–water partition coefficient (Wildman–Crippen LogP) is 4.77. The van der Waals surface area contributed by atoms with Crippen LogP contribution in [0, 0.1) is 17.5 Å². The number of nitrogens with one attached hydrogen (secondary N) is 1. The molecule has 0 saturated heterocycles. The van der Waals surface area contributed by atoms with Gasteiger partial charge in [0.05, 0.1) is 11.9 Å². The number of nitrogens with zero attached hydrogens (tertiary/aromatic N) is 4. The van der Waals surface area contributed by atoms with Gasteiger partial charge in [0.25, 0.3) is 5.91 Å². The Morgan fingerprint density at radius 2 is 1.88 bits per heavy atom. The monoisotopic (exact) mass is 463 g/mol. The maximum Gasteiger partial charge on any atom is 0.256 e. The number of benzene rings is 2. The third kappa shape index (κ3) is 4.12. The molecule has 34 heavy (non-hydrogen) atoms. The van der Waals surface area contributed by atoms with Crippen LogP contribution in [0.4, 0.5) is 30.4 Å². The highest BCUT2D eigenvalue weighted by Crippen LogP contribution is 2.36. The van der Waals surface area contributed by atoms with E-state index in [2.05, 4.69) is 15.4 Å². The van der Waals surface area contributed by atoms with Crippen LogP contribution < -0.4 is 10.2 Å². The lowest BCUT2D eigenvalue weighted by molar-refractivity contribution is 0.102. The Bertz CT molecular complexity index is 1380. The van der Waals surface area contributed by atoms with Crippen molar-refractivity contribution in [1.29, 1.82) is 0 Å². The SMILES string of the molecule is Cn1cc(NC(=O)c2cccc3c2CCN3c2cc(Cc3cc(F)c(F)c(F)c3)ccn2)cn1. The molecule has 2 aromatic heterocycles. The van der Waals surface area contributed by atoms with E-state index in [0.29, 0.717) is 35.6 Å². The van der Waals surface area contributed by atoms with Crippen LogP contribution in [0.5, 0.6) is 0 Å². The van der Waals surface area contributed by atoms with E-state index in [1.807, 2.05) is 23.1 Å². The van der Waals surface area contributed by atoms with E-state index in [-0.39, 0.29) is 12.3 Å². The van der Waals surface area contributed by atoms with E-state index >= 15 is 0 Å². The number of rotatable bonds is 5. The highest BCUT2D eigenvalue weighted by molar-refractivity contribution is 6.06. The smallest absolute Gasteiger partial charge is 0.256 e. The molecule has 9 heteroatoms. The number of carbonyl (C=O) groups excluding carboxylic acids is 1. The fourth-order valence-electron chi connectivity index (χ4n) is 4.23. The molecule has 0 aliphatic carbocycles. The van der Waals surface area contributed by atoms with Crippen LogP contribution in [0.3, 0.4) is 0 Å². The summed E-state index contributed by atoms with van der Waals surface area (Å²) in [6.45, 7) is 0.628. The van der Waals surface area contributed by atoms with Crippen LogP contribution in [-0.2, 0) is 19.9 Å². The maximum absolute atomic E-state index is 13.6. The van der Waals surface area contributed by atoms with E-state index < -0.39 is 17.5 Å². The largest absolute Gasteiger partial charge is 0.326 e. The molecule has 5 rings (SSSR count). The second-order valence-corrected chi connectivity index (χ2v) is 8.13. The van der Waals surface area contributed by atoms with Crippen LogP contribution in [0.15, 0.2) is 61.1 Å². The molecule has 2 aromatic carbocycles. The van der Waals surface area contributed by atoms with Gasteiger partial charge in [-0.1, -0.05) is 6.07 Å². The number of carbonyl (C=O) groups is 1. The lowest BCUT2D eigenvalue weighted by Crippen LogP contribution is -2.15. The number of amides is 1. The molecule has 0 saturated carbocycles. The van der Waals surface area contributed by atoms with Crippen molar-refractivity contribution in [2.45, 2.75) is 12.8 Å². The molecule has 6 nitrogen and oxygen atoms in total. The predicted molar refractivity (Wildman–Crippen MR) is 122 cm³/mol.